The molecule has 13 heavy (non-hydrogen) atoms. The molecule has 0 aliphatic heterocycles. The summed E-state index contributed by atoms with van der Waals surface area (Å²) in [5, 5.41) is 3.10. The number of carbonyl (C=O) groups is 1. The highest BCUT2D eigenvalue weighted by Crippen LogP contribution is 2.03. The van der Waals surface area contributed by atoms with Crippen molar-refractivity contribution in [1.82, 2.24) is 10.3 Å². The molecule has 1 rings (SSSR count). The van der Waals surface area contributed by atoms with Gasteiger partial charge < -0.3 is 5.32 Å². The Hall–Kier alpha value is -0.900. The van der Waals surface area contributed by atoms with Gasteiger partial charge in [-0.2, -0.15) is 0 Å². The standard InChI is InChI=1S/C9H11BrN2O/c1-7-2-3-11-5-8(7)6-12-9(13)4-10/h2-3,5H,4,6H2,1H3,(H,12,13). The van der Waals surface area contributed by atoms with Crippen molar-refractivity contribution in [2.24, 2.45) is 0 Å². The molecule has 0 aliphatic carbocycles. The Bertz CT molecular complexity index is 301. The minimum Gasteiger partial charge on any atom is -0.351 e. The number of amides is 1. The number of hydrogen-bond donors (Lipinski definition) is 1. The van der Waals surface area contributed by atoms with Gasteiger partial charge in [0.2, 0.25) is 5.91 Å². The van der Waals surface area contributed by atoms with Crippen molar-refractivity contribution in [2.45, 2.75) is 13.5 Å². The second kappa shape index (κ2) is 4.97. The molecule has 0 unspecified atom stereocenters. The van der Waals surface area contributed by atoms with Gasteiger partial charge >= 0.3 is 0 Å². The van der Waals surface area contributed by atoms with Crippen molar-refractivity contribution in [3.05, 3.63) is 29.6 Å². The van der Waals surface area contributed by atoms with Crippen molar-refractivity contribution in [3.8, 4) is 0 Å². The molecule has 0 bridgehead atoms. The number of halogens is 1. The molecule has 0 aromatic carbocycles. The van der Waals surface area contributed by atoms with Crippen LogP contribution in [0.4, 0.5) is 0 Å². The van der Waals surface area contributed by atoms with Crippen LogP contribution in [0.1, 0.15) is 11.1 Å². The molecule has 1 aromatic heterocycles. The fourth-order valence-corrected chi connectivity index (χ4v) is 1.12. The Morgan fingerprint density at radius 1 is 1.69 bits per heavy atom. The lowest BCUT2D eigenvalue weighted by Crippen LogP contribution is -2.23. The van der Waals surface area contributed by atoms with Gasteiger partial charge in [0, 0.05) is 18.9 Å². The van der Waals surface area contributed by atoms with Crippen molar-refractivity contribution < 1.29 is 4.79 Å². The number of aryl methyl sites for hydroxylation is 1. The monoisotopic (exact) mass is 242 g/mol. The van der Waals surface area contributed by atoms with Crippen LogP contribution in [0.15, 0.2) is 18.5 Å². The van der Waals surface area contributed by atoms with E-state index >= 15 is 0 Å². The summed E-state index contributed by atoms with van der Waals surface area (Å²) in [4.78, 5) is 14.9. The van der Waals surface area contributed by atoms with Crippen LogP contribution < -0.4 is 5.32 Å². The number of hydrogen-bond acceptors (Lipinski definition) is 2. The van der Waals surface area contributed by atoms with Crippen LogP contribution in [0, 0.1) is 6.92 Å². The largest absolute Gasteiger partial charge is 0.351 e. The van der Waals surface area contributed by atoms with Gasteiger partial charge in [-0.1, -0.05) is 15.9 Å². The van der Waals surface area contributed by atoms with Crippen LogP contribution in [-0.4, -0.2) is 16.2 Å². The summed E-state index contributed by atoms with van der Waals surface area (Å²) in [5.41, 5.74) is 2.20. The number of rotatable bonds is 3. The third-order valence-electron chi connectivity index (χ3n) is 1.74. The zero-order chi connectivity index (χ0) is 9.68. The molecule has 0 saturated carbocycles. The number of carbonyl (C=O) groups excluding carboxylic acids is 1. The summed E-state index contributed by atoms with van der Waals surface area (Å²) in [6.07, 6.45) is 3.51. The fraction of sp³-hybridized carbons (Fsp3) is 0.333. The van der Waals surface area contributed by atoms with Crippen LogP contribution in [0.5, 0.6) is 0 Å². The lowest BCUT2D eigenvalue weighted by atomic mass is 10.2. The van der Waals surface area contributed by atoms with Crippen LogP contribution in [0.2, 0.25) is 0 Å². The SMILES string of the molecule is Cc1ccncc1CNC(=O)CBr. The number of aromatic nitrogens is 1. The number of alkyl halides is 1. The maximum Gasteiger partial charge on any atom is 0.230 e. The predicted octanol–water partition coefficient (Wildman–Crippen LogP) is 1.40. The van der Waals surface area contributed by atoms with Crippen LogP contribution >= 0.6 is 15.9 Å². The highest BCUT2D eigenvalue weighted by Gasteiger charge is 2.00. The normalized spacial score (nSPS) is 9.69. The molecule has 0 aliphatic rings. The lowest BCUT2D eigenvalue weighted by Gasteiger charge is -2.05. The van der Waals surface area contributed by atoms with E-state index in [1.54, 1.807) is 12.4 Å². The highest BCUT2D eigenvalue weighted by molar-refractivity contribution is 9.09. The van der Waals surface area contributed by atoms with Crippen molar-refractivity contribution in [1.29, 1.82) is 0 Å². The van der Waals surface area contributed by atoms with E-state index in [4.69, 9.17) is 0 Å². The van der Waals surface area contributed by atoms with E-state index in [-0.39, 0.29) is 5.91 Å². The third-order valence-corrected chi connectivity index (χ3v) is 2.25. The predicted molar refractivity (Wildman–Crippen MR) is 54.6 cm³/mol. The molecule has 1 aromatic rings. The number of pyridine rings is 1. The Labute approximate surface area is 85.7 Å². The summed E-state index contributed by atoms with van der Waals surface area (Å²) in [6, 6.07) is 1.93. The lowest BCUT2D eigenvalue weighted by molar-refractivity contribution is -0.118. The van der Waals surface area contributed by atoms with E-state index in [0.29, 0.717) is 11.9 Å². The van der Waals surface area contributed by atoms with Gasteiger partial charge in [-0.3, -0.25) is 9.78 Å². The minimum absolute atomic E-state index is 0.0109. The van der Waals surface area contributed by atoms with Crippen molar-refractivity contribution in [2.75, 3.05) is 5.33 Å². The number of nitrogens with one attached hydrogen (secondary N) is 1. The molecule has 1 amide bonds. The van der Waals surface area contributed by atoms with Gasteiger partial charge in [-0.25, -0.2) is 0 Å². The Morgan fingerprint density at radius 3 is 3.08 bits per heavy atom. The topological polar surface area (TPSA) is 42.0 Å². The maximum absolute atomic E-state index is 10.9. The van der Waals surface area contributed by atoms with Gasteiger partial charge in [0.25, 0.3) is 0 Å². The average molecular weight is 243 g/mol. The molecule has 4 heteroatoms. The second-order valence-corrected chi connectivity index (χ2v) is 3.27. The summed E-state index contributed by atoms with van der Waals surface area (Å²) in [7, 11) is 0. The van der Waals surface area contributed by atoms with Gasteiger partial charge in [-0.15, -0.1) is 0 Å². The van der Waals surface area contributed by atoms with E-state index in [1.807, 2.05) is 13.0 Å². The smallest absolute Gasteiger partial charge is 0.230 e. The molecular weight excluding hydrogens is 232 g/mol. The summed E-state index contributed by atoms with van der Waals surface area (Å²) >= 11 is 3.08. The number of nitrogens with zero attached hydrogens (tertiary/aromatic N) is 1. The third kappa shape index (κ3) is 3.14. The molecule has 0 radical (unpaired) electrons. The molecule has 0 fully saturated rings. The van der Waals surface area contributed by atoms with Crippen LogP contribution in [0.3, 0.4) is 0 Å². The fourth-order valence-electron chi connectivity index (χ4n) is 0.923. The second-order valence-electron chi connectivity index (χ2n) is 2.71. The minimum atomic E-state index is -0.0109. The first-order valence-electron chi connectivity index (χ1n) is 3.96. The quantitative estimate of drug-likeness (QED) is 0.815. The van der Waals surface area contributed by atoms with E-state index in [0.717, 1.165) is 11.1 Å². The van der Waals surface area contributed by atoms with Gasteiger partial charge in [0.1, 0.15) is 0 Å². The first-order chi connectivity index (χ1) is 6.24. The van der Waals surface area contributed by atoms with Gasteiger partial charge in [0.15, 0.2) is 0 Å². The molecule has 70 valence electrons. The van der Waals surface area contributed by atoms with Crippen LogP contribution in [-0.2, 0) is 11.3 Å². The van der Waals surface area contributed by atoms with E-state index < -0.39 is 0 Å². The van der Waals surface area contributed by atoms with Gasteiger partial charge in [0.05, 0.1) is 5.33 Å². The van der Waals surface area contributed by atoms with Crippen molar-refractivity contribution in [3.63, 3.8) is 0 Å². The van der Waals surface area contributed by atoms with Gasteiger partial charge in [-0.05, 0) is 24.1 Å². The average Bonchev–Trinajstić information content (AvgIpc) is 2.16. The molecule has 1 heterocycles. The Balaban J connectivity index is 2.54. The zero-order valence-electron chi connectivity index (χ0n) is 7.38. The first kappa shape index (κ1) is 10.2. The van der Waals surface area contributed by atoms with E-state index in [2.05, 4.69) is 26.2 Å². The molecule has 1 N–H and O–H groups in total. The maximum atomic E-state index is 10.9. The summed E-state index contributed by atoms with van der Waals surface area (Å²) in [6.45, 7) is 2.54. The zero-order valence-corrected chi connectivity index (χ0v) is 8.97. The molecule has 0 saturated heterocycles. The van der Waals surface area contributed by atoms with Crippen molar-refractivity contribution >= 4 is 21.8 Å². The summed E-state index contributed by atoms with van der Waals surface area (Å²) in [5.74, 6) is -0.0109. The Kier molecular flexibility index (Phi) is 3.89. The molecule has 3 nitrogen and oxygen atoms in total. The highest BCUT2D eigenvalue weighted by atomic mass is 79.9. The van der Waals surface area contributed by atoms with Crippen LogP contribution in [0.25, 0.3) is 0 Å². The first-order valence-corrected chi connectivity index (χ1v) is 5.08. The Morgan fingerprint density at radius 2 is 2.46 bits per heavy atom. The summed E-state index contributed by atoms with van der Waals surface area (Å²) < 4.78 is 0. The molecule has 0 spiro atoms. The van der Waals surface area contributed by atoms with E-state index in [1.165, 1.54) is 0 Å². The molecule has 0 atom stereocenters. The molecular formula is C9H11BrN2O. The van der Waals surface area contributed by atoms with E-state index in [9.17, 15) is 4.79 Å².